The summed E-state index contributed by atoms with van der Waals surface area (Å²) in [6, 6.07) is 11.4. The Morgan fingerprint density at radius 2 is 1.72 bits per heavy atom. The summed E-state index contributed by atoms with van der Waals surface area (Å²) in [6.45, 7) is 2.80. The van der Waals surface area contributed by atoms with E-state index in [1.54, 1.807) is 23.1 Å². The van der Waals surface area contributed by atoms with Gasteiger partial charge >= 0.3 is 11.9 Å². The van der Waals surface area contributed by atoms with Crippen molar-refractivity contribution in [3.8, 4) is 11.5 Å². The lowest BCUT2D eigenvalue weighted by Gasteiger charge is -2.17. The van der Waals surface area contributed by atoms with Crippen LogP contribution in [0, 0.1) is 0 Å². The maximum Gasteiger partial charge on any atom is 0.308 e. The number of aromatic nitrogens is 1. The van der Waals surface area contributed by atoms with E-state index in [0.29, 0.717) is 11.5 Å². The van der Waals surface area contributed by atoms with Crippen molar-refractivity contribution >= 4 is 68.6 Å². The molecule has 5 rings (SSSR count). The quantitative estimate of drug-likeness (QED) is 0.180. The molecule has 0 N–H and O–H groups in total. The molecule has 1 aliphatic carbocycles. The second kappa shape index (κ2) is 11.4. The number of halogens is 1. The molecule has 200 valence electrons. The topological polar surface area (TPSA) is 59.7 Å². The lowest BCUT2D eigenvalue weighted by molar-refractivity contribution is -0.642. The monoisotopic (exact) mass is 579 g/mol. The summed E-state index contributed by atoms with van der Waals surface area (Å²) in [6.07, 6.45) is 11.3. The summed E-state index contributed by atoms with van der Waals surface area (Å²) in [4.78, 5) is 25.9. The minimum Gasteiger partial charge on any atom is -0.427 e. The number of ether oxygens (including phenoxy) is 2. The largest absolute Gasteiger partial charge is 0.427 e. The van der Waals surface area contributed by atoms with Gasteiger partial charge in [0, 0.05) is 43.0 Å². The van der Waals surface area contributed by atoms with Gasteiger partial charge in [-0.25, -0.2) is 0 Å². The molecule has 0 amide bonds. The van der Waals surface area contributed by atoms with Crippen LogP contribution in [-0.4, -0.2) is 19.0 Å². The van der Waals surface area contributed by atoms with E-state index in [1.807, 2.05) is 50.5 Å². The van der Waals surface area contributed by atoms with Crippen molar-refractivity contribution in [2.24, 2.45) is 7.05 Å². The number of anilines is 1. The molecule has 1 aliphatic heterocycles. The molecule has 0 spiro atoms. The summed E-state index contributed by atoms with van der Waals surface area (Å²) >= 11 is 10.2. The molecule has 0 radical (unpaired) electrons. The van der Waals surface area contributed by atoms with Crippen LogP contribution in [0.3, 0.4) is 0 Å². The van der Waals surface area contributed by atoms with Crippen LogP contribution in [0.4, 0.5) is 5.69 Å². The fraction of sp³-hybridized carbons (Fsp3) is 0.233. The van der Waals surface area contributed by atoms with Gasteiger partial charge in [-0.1, -0.05) is 46.9 Å². The Kier molecular flexibility index (Phi) is 7.98. The third-order valence-corrected chi connectivity index (χ3v) is 9.36. The van der Waals surface area contributed by atoms with Gasteiger partial charge in [-0.05, 0) is 60.8 Å². The van der Waals surface area contributed by atoms with Gasteiger partial charge in [-0.3, -0.25) is 9.59 Å². The Bertz CT molecular complexity index is 1620. The smallest absolute Gasteiger partial charge is 0.308 e. The highest BCUT2D eigenvalue weighted by molar-refractivity contribution is 8.03. The summed E-state index contributed by atoms with van der Waals surface area (Å²) in [5.74, 6) is 0.420. The molecular weight excluding hydrogens is 552 g/mol. The highest BCUT2D eigenvalue weighted by atomic mass is 35.5. The van der Waals surface area contributed by atoms with Crippen molar-refractivity contribution in [2.75, 3.05) is 11.9 Å². The van der Waals surface area contributed by atoms with Gasteiger partial charge in [0.15, 0.2) is 0 Å². The van der Waals surface area contributed by atoms with E-state index in [1.165, 1.54) is 13.8 Å². The Hall–Kier alpha value is -3.33. The number of hydrogen-bond acceptors (Lipinski definition) is 7. The molecule has 6 nitrogen and oxygen atoms in total. The van der Waals surface area contributed by atoms with E-state index in [2.05, 4.69) is 33.8 Å². The van der Waals surface area contributed by atoms with Gasteiger partial charge < -0.3 is 14.4 Å². The van der Waals surface area contributed by atoms with E-state index in [0.717, 1.165) is 66.3 Å². The van der Waals surface area contributed by atoms with Crippen LogP contribution in [0.5, 0.6) is 11.5 Å². The zero-order chi connectivity index (χ0) is 27.7. The number of fused-ring (bicyclic) bond motifs is 2. The fourth-order valence-corrected chi connectivity index (χ4v) is 6.97. The van der Waals surface area contributed by atoms with Crippen molar-refractivity contribution < 1.29 is 23.6 Å². The van der Waals surface area contributed by atoms with E-state index < -0.39 is 0 Å². The molecule has 0 bridgehead atoms. The second-order valence-corrected chi connectivity index (χ2v) is 11.8. The summed E-state index contributed by atoms with van der Waals surface area (Å²) in [5, 5.41) is 2.96. The van der Waals surface area contributed by atoms with Gasteiger partial charge in [0.05, 0.1) is 16.8 Å². The van der Waals surface area contributed by atoms with Gasteiger partial charge in [0.1, 0.15) is 23.2 Å². The molecule has 0 saturated carbocycles. The number of nitrogens with zero attached hydrogens (tertiary/aromatic N) is 2. The maximum absolute atomic E-state index is 11.3. The standard InChI is InChI=1S/C30H28ClN2O4S2/c1-18(34)36-22-10-12-26-24(16-22)32(3)28(38-26)14-8-20-6-5-7-21(30(20)31)9-15-29-33(4)25-17-23(37-19(2)35)11-13-27(25)39-29/h8-17H,5-7H2,1-4H3/q+1. The van der Waals surface area contributed by atoms with Crippen molar-refractivity contribution in [1.29, 1.82) is 0 Å². The van der Waals surface area contributed by atoms with Crippen molar-refractivity contribution in [2.45, 2.75) is 38.0 Å². The zero-order valence-electron chi connectivity index (χ0n) is 22.1. The van der Waals surface area contributed by atoms with E-state index in [-0.39, 0.29) is 11.9 Å². The predicted molar refractivity (Wildman–Crippen MR) is 158 cm³/mol. The number of rotatable bonds is 5. The first-order valence-corrected chi connectivity index (χ1v) is 14.5. The molecule has 1 aromatic heterocycles. The van der Waals surface area contributed by atoms with E-state index >= 15 is 0 Å². The second-order valence-electron chi connectivity index (χ2n) is 9.33. The van der Waals surface area contributed by atoms with Crippen LogP contribution in [0.25, 0.3) is 16.3 Å². The lowest BCUT2D eigenvalue weighted by Crippen LogP contribution is -2.28. The van der Waals surface area contributed by atoms with Crippen LogP contribution >= 0.6 is 34.7 Å². The third kappa shape index (κ3) is 5.98. The summed E-state index contributed by atoms with van der Waals surface area (Å²) in [7, 11) is 4.01. The molecule has 39 heavy (non-hydrogen) atoms. The van der Waals surface area contributed by atoms with Gasteiger partial charge in [0.25, 0.3) is 5.01 Å². The average molecular weight is 580 g/mol. The number of esters is 2. The normalized spacial score (nSPS) is 17.5. The van der Waals surface area contributed by atoms with Crippen molar-refractivity contribution in [3.63, 3.8) is 0 Å². The number of thioether (sulfide) groups is 1. The molecule has 9 heteroatoms. The van der Waals surface area contributed by atoms with Crippen LogP contribution < -0.4 is 18.9 Å². The van der Waals surface area contributed by atoms with Crippen LogP contribution in [0.2, 0.25) is 0 Å². The first-order valence-electron chi connectivity index (χ1n) is 12.5. The number of allylic oxidation sites excluding steroid dienone is 6. The molecule has 0 fully saturated rings. The molecular formula is C30H28ClN2O4S2+. The number of carbonyl (C=O) groups excluding carboxylic acids is 2. The van der Waals surface area contributed by atoms with Crippen molar-refractivity contribution in [3.05, 3.63) is 80.8 Å². The van der Waals surface area contributed by atoms with E-state index in [9.17, 15) is 9.59 Å². The Balaban J connectivity index is 1.36. The third-order valence-electron chi connectivity index (χ3n) is 6.51. The lowest BCUT2D eigenvalue weighted by atomic mass is 9.94. The number of carbonyl (C=O) groups is 2. The minimum atomic E-state index is -0.332. The van der Waals surface area contributed by atoms with Gasteiger partial charge in [-0.2, -0.15) is 4.57 Å². The van der Waals surface area contributed by atoms with E-state index in [4.69, 9.17) is 21.1 Å². The molecule has 0 saturated heterocycles. The SMILES string of the molecule is CC(=O)Oc1ccc2c(c1)N(C)/C(=C/C=C1CCCC(/C=C/c3sc4ccc(OC(C)=O)cc4[n+]3C)=C1Cl)S2. The maximum atomic E-state index is 11.3. The van der Waals surface area contributed by atoms with Gasteiger partial charge in [-0.15, -0.1) is 0 Å². The predicted octanol–water partition coefficient (Wildman–Crippen LogP) is 7.28. The molecule has 0 atom stereocenters. The Morgan fingerprint density at radius 1 is 1.00 bits per heavy atom. The highest BCUT2D eigenvalue weighted by Crippen LogP contribution is 2.46. The van der Waals surface area contributed by atoms with Crippen LogP contribution in [-0.2, 0) is 16.6 Å². The number of benzene rings is 2. The Labute approximate surface area is 240 Å². The van der Waals surface area contributed by atoms with Crippen molar-refractivity contribution in [1.82, 2.24) is 0 Å². The highest BCUT2D eigenvalue weighted by Gasteiger charge is 2.23. The number of hydrogen-bond donors (Lipinski definition) is 0. The first kappa shape index (κ1) is 27.2. The summed E-state index contributed by atoms with van der Waals surface area (Å²) < 4.78 is 13.7. The first-order chi connectivity index (χ1) is 18.7. The van der Waals surface area contributed by atoms with Crippen LogP contribution in [0.15, 0.2) is 80.7 Å². The molecule has 2 aliphatic rings. The number of aryl methyl sites for hydroxylation is 1. The fourth-order valence-electron chi connectivity index (χ4n) is 4.59. The van der Waals surface area contributed by atoms with Gasteiger partial charge in [0.2, 0.25) is 5.52 Å². The molecule has 2 aromatic carbocycles. The molecule has 2 heterocycles. The summed E-state index contributed by atoms with van der Waals surface area (Å²) in [5.41, 5.74) is 4.25. The minimum absolute atomic E-state index is 0.332. The Morgan fingerprint density at radius 3 is 2.46 bits per heavy atom. The molecule has 0 unspecified atom stereocenters. The van der Waals surface area contributed by atoms with Crippen LogP contribution in [0.1, 0.15) is 38.1 Å². The number of thiazole rings is 1. The zero-order valence-corrected chi connectivity index (χ0v) is 24.5. The molecule has 3 aromatic rings. The average Bonchev–Trinajstić information content (AvgIpc) is 3.37.